The molecule has 0 aromatic heterocycles. The van der Waals surface area contributed by atoms with Gasteiger partial charge >= 0.3 is 110 Å². The number of hydrogen-bond acceptors (Lipinski definition) is 0. The molecule has 2 rings (SSSR count). The van der Waals surface area contributed by atoms with E-state index in [1.165, 1.54) is 31.1 Å². The zero-order valence-corrected chi connectivity index (χ0v) is 12.2. The summed E-state index contributed by atoms with van der Waals surface area (Å²) < 4.78 is 3.05. The first-order valence-corrected chi connectivity index (χ1v) is 7.22. The van der Waals surface area contributed by atoms with Crippen LogP contribution in [-0.2, 0) is 0 Å². The van der Waals surface area contributed by atoms with Crippen LogP contribution >= 0.6 is 0 Å². The van der Waals surface area contributed by atoms with Gasteiger partial charge in [-0.15, -0.1) is 0 Å². The van der Waals surface area contributed by atoms with Crippen molar-refractivity contribution in [3.63, 3.8) is 0 Å². The first-order valence-electron chi connectivity index (χ1n) is 6.07. The molecule has 0 amide bonds. The van der Waals surface area contributed by atoms with Gasteiger partial charge in [0.15, 0.2) is 0 Å². The van der Waals surface area contributed by atoms with Crippen molar-refractivity contribution in [2.45, 2.75) is 27.7 Å². The van der Waals surface area contributed by atoms with E-state index in [1.54, 1.807) is 0 Å². The molecule has 0 saturated heterocycles. The quantitative estimate of drug-likeness (QED) is 0.704. The zero-order valence-electron chi connectivity index (χ0n) is 11.0. The normalized spacial score (nSPS) is 10.1. The molecular weight excluding hydrogens is 219 g/mol. The van der Waals surface area contributed by atoms with E-state index in [-0.39, 0.29) is 15.2 Å². The van der Waals surface area contributed by atoms with Crippen LogP contribution in [0.15, 0.2) is 36.4 Å². The number of hydrogen-bond donors (Lipinski definition) is 0. The van der Waals surface area contributed by atoms with Gasteiger partial charge in [0.1, 0.15) is 0 Å². The summed E-state index contributed by atoms with van der Waals surface area (Å²) in [6.07, 6.45) is 0. The molecule has 0 N–H and O–H groups in total. The molecule has 0 spiro atoms. The van der Waals surface area contributed by atoms with E-state index in [0.29, 0.717) is 0 Å². The van der Waals surface area contributed by atoms with E-state index < -0.39 is 0 Å². The molecular formula is C16H18Al+. The number of benzene rings is 2. The summed E-state index contributed by atoms with van der Waals surface area (Å²) in [5.74, 6) is 0. The van der Waals surface area contributed by atoms with Crippen LogP contribution in [0.1, 0.15) is 22.3 Å². The molecule has 0 aliphatic heterocycles. The molecule has 0 aliphatic rings. The number of aryl methyl sites for hydroxylation is 2. The first-order chi connectivity index (χ1) is 8.09. The van der Waals surface area contributed by atoms with Gasteiger partial charge in [0.05, 0.1) is 0 Å². The Labute approximate surface area is 110 Å². The molecule has 0 nitrogen and oxygen atoms in total. The Kier molecular flexibility index (Phi) is 3.72. The summed E-state index contributed by atoms with van der Waals surface area (Å²) in [6, 6.07) is 13.3. The van der Waals surface area contributed by atoms with Crippen molar-refractivity contribution in [2.24, 2.45) is 0 Å². The third kappa shape index (κ3) is 2.63. The minimum atomic E-state index is 0.216. The fraction of sp³-hybridized carbons (Fsp3) is 0.250. The van der Waals surface area contributed by atoms with Crippen LogP contribution in [0.2, 0.25) is 0 Å². The van der Waals surface area contributed by atoms with Gasteiger partial charge in [0, 0.05) is 0 Å². The van der Waals surface area contributed by atoms with Crippen molar-refractivity contribution in [3.05, 3.63) is 58.7 Å². The Morgan fingerprint density at radius 2 is 1.06 bits per heavy atom. The molecule has 2 aromatic carbocycles. The summed E-state index contributed by atoms with van der Waals surface area (Å²) in [5, 5.41) is 0. The topological polar surface area (TPSA) is 0 Å². The van der Waals surface area contributed by atoms with E-state index in [0.717, 1.165) is 0 Å². The monoisotopic (exact) mass is 237 g/mol. The molecule has 0 atom stereocenters. The van der Waals surface area contributed by atoms with E-state index in [4.69, 9.17) is 0 Å². The van der Waals surface area contributed by atoms with Gasteiger partial charge in [0.2, 0.25) is 0 Å². The van der Waals surface area contributed by atoms with Crippen molar-refractivity contribution in [3.8, 4) is 0 Å². The van der Waals surface area contributed by atoms with Crippen LogP contribution in [-0.4, -0.2) is 15.2 Å². The van der Waals surface area contributed by atoms with Gasteiger partial charge in [-0.25, -0.2) is 0 Å². The zero-order chi connectivity index (χ0) is 12.4. The SMILES string of the molecule is Cc1ccc[c]([Al+][c]2cccc(C)c2C)c1C. The van der Waals surface area contributed by atoms with E-state index >= 15 is 0 Å². The van der Waals surface area contributed by atoms with Crippen LogP contribution in [0.25, 0.3) is 0 Å². The van der Waals surface area contributed by atoms with Crippen molar-refractivity contribution < 1.29 is 0 Å². The van der Waals surface area contributed by atoms with Crippen molar-refractivity contribution in [1.29, 1.82) is 0 Å². The number of rotatable bonds is 2. The molecule has 0 fully saturated rings. The minimum absolute atomic E-state index is 0.216. The Hall–Kier alpha value is -1.03. The Balaban J connectivity index is 2.38. The van der Waals surface area contributed by atoms with E-state index in [9.17, 15) is 0 Å². The van der Waals surface area contributed by atoms with Gasteiger partial charge in [-0.2, -0.15) is 0 Å². The van der Waals surface area contributed by atoms with Gasteiger partial charge in [-0.1, -0.05) is 0 Å². The predicted molar refractivity (Wildman–Crippen MR) is 76.9 cm³/mol. The fourth-order valence-electron chi connectivity index (χ4n) is 2.03. The first kappa shape index (κ1) is 12.4. The molecule has 1 heteroatoms. The average Bonchev–Trinajstić information content (AvgIpc) is 2.31. The van der Waals surface area contributed by atoms with E-state index in [2.05, 4.69) is 64.1 Å². The Morgan fingerprint density at radius 3 is 1.47 bits per heavy atom. The third-order valence-electron chi connectivity index (χ3n) is 3.60. The second-order valence-electron chi connectivity index (χ2n) is 4.72. The van der Waals surface area contributed by atoms with Crippen LogP contribution in [0.3, 0.4) is 0 Å². The van der Waals surface area contributed by atoms with Crippen molar-refractivity contribution >= 4 is 24.1 Å². The van der Waals surface area contributed by atoms with Crippen LogP contribution < -0.4 is 8.85 Å². The van der Waals surface area contributed by atoms with Crippen molar-refractivity contribution in [1.82, 2.24) is 0 Å². The fourth-order valence-corrected chi connectivity index (χ4v) is 3.67. The second-order valence-corrected chi connectivity index (χ2v) is 6.26. The van der Waals surface area contributed by atoms with Gasteiger partial charge in [0.25, 0.3) is 0 Å². The Bertz CT molecular complexity index is 492. The maximum atomic E-state index is 2.28. The molecule has 0 radical (unpaired) electrons. The van der Waals surface area contributed by atoms with E-state index in [1.807, 2.05) is 0 Å². The molecule has 0 heterocycles. The molecule has 17 heavy (non-hydrogen) atoms. The van der Waals surface area contributed by atoms with Gasteiger partial charge in [-0.05, 0) is 0 Å². The molecule has 0 saturated carbocycles. The Morgan fingerprint density at radius 1 is 0.647 bits per heavy atom. The molecule has 0 unspecified atom stereocenters. The molecule has 2 aromatic rings. The van der Waals surface area contributed by atoms with Crippen molar-refractivity contribution in [2.75, 3.05) is 0 Å². The van der Waals surface area contributed by atoms with Gasteiger partial charge in [-0.3, -0.25) is 0 Å². The average molecular weight is 237 g/mol. The van der Waals surface area contributed by atoms with Crippen LogP contribution in [0, 0.1) is 27.7 Å². The van der Waals surface area contributed by atoms with Crippen LogP contribution in [0.4, 0.5) is 0 Å². The summed E-state index contributed by atoms with van der Waals surface area (Å²) in [7, 11) is 0. The van der Waals surface area contributed by atoms with Crippen LogP contribution in [0.5, 0.6) is 0 Å². The molecule has 0 aliphatic carbocycles. The molecule has 0 bridgehead atoms. The third-order valence-corrected chi connectivity index (χ3v) is 5.48. The molecule has 84 valence electrons. The predicted octanol–water partition coefficient (Wildman–Crippen LogP) is 2.58. The van der Waals surface area contributed by atoms with Gasteiger partial charge < -0.3 is 0 Å². The maximum absolute atomic E-state index is 2.28. The second kappa shape index (κ2) is 5.09. The summed E-state index contributed by atoms with van der Waals surface area (Å²) >= 11 is 0.216. The summed E-state index contributed by atoms with van der Waals surface area (Å²) in [5.41, 5.74) is 5.73. The standard InChI is InChI=1S/2C8H9.Al/c2*1-7-5-3-4-6-8(7)2;/h2*3-5H,1-2H3;/q;;+1. The summed E-state index contributed by atoms with van der Waals surface area (Å²) in [4.78, 5) is 0. The summed E-state index contributed by atoms with van der Waals surface area (Å²) in [6.45, 7) is 8.87.